The first-order chi connectivity index (χ1) is 15.6. The molecule has 0 aromatic heterocycles. The molecule has 2 N–H and O–H groups in total. The minimum atomic E-state index is -0.459. The van der Waals surface area contributed by atoms with Gasteiger partial charge in [0.25, 0.3) is 0 Å². The average molecular weight is 445 g/mol. The molecule has 1 aliphatic rings. The Hall–Kier alpha value is -3.67. The molecule has 33 heavy (non-hydrogen) atoms. The molecule has 0 amide bonds. The Bertz CT molecular complexity index is 1310. The summed E-state index contributed by atoms with van der Waals surface area (Å²) in [4.78, 5) is 24.7. The van der Waals surface area contributed by atoms with E-state index in [2.05, 4.69) is 13.8 Å². The number of fused-ring (bicyclic) bond motifs is 1. The molecule has 0 spiro atoms. The van der Waals surface area contributed by atoms with Gasteiger partial charge in [0.05, 0.1) is 12.0 Å². The fourth-order valence-electron chi connectivity index (χ4n) is 4.97. The molecule has 0 fully saturated rings. The predicted molar refractivity (Wildman–Crippen MR) is 131 cm³/mol. The molecule has 0 radical (unpaired) electrons. The van der Waals surface area contributed by atoms with Crippen LogP contribution in [0.3, 0.4) is 0 Å². The zero-order chi connectivity index (χ0) is 23.9. The van der Waals surface area contributed by atoms with Crippen LogP contribution in [0.5, 0.6) is 5.75 Å². The van der Waals surface area contributed by atoms with E-state index in [4.69, 9.17) is 10.5 Å². The molecule has 6 heteroatoms. The Labute approximate surface area is 193 Å². The fraction of sp³-hybridized carbons (Fsp3) is 0.296. The number of carbonyl (C=O) groups excluding carboxylic acids is 1. The lowest BCUT2D eigenvalue weighted by Crippen LogP contribution is -2.27. The molecule has 1 atom stereocenters. The summed E-state index contributed by atoms with van der Waals surface area (Å²) < 4.78 is 5.15. The summed E-state index contributed by atoms with van der Waals surface area (Å²) in [5.41, 5.74) is 9.99. The Kier molecular flexibility index (Phi) is 5.70. The summed E-state index contributed by atoms with van der Waals surface area (Å²) in [5, 5.41) is 13.6. The third kappa shape index (κ3) is 4.09. The molecule has 0 aliphatic heterocycles. The van der Waals surface area contributed by atoms with Gasteiger partial charge in [-0.15, -0.1) is 0 Å². The number of hydrogen-bond acceptors (Lipinski definition) is 5. The highest BCUT2D eigenvalue weighted by molar-refractivity contribution is 6.10. The fourth-order valence-corrected chi connectivity index (χ4v) is 4.97. The van der Waals surface area contributed by atoms with Crippen LogP contribution in [-0.2, 0) is 4.79 Å². The number of ether oxygens (including phenoxy) is 1. The molecule has 1 aliphatic carbocycles. The number of nitro benzene ring substituents is 1. The maximum Gasteiger partial charge on any atom is 0.311 e. The van der Waals surface area contributed by atoms with Gasteiger partial charge in [-0.1, -0.05) is 57.2 Å². The number of nitrogens with zero attached hydrogens (tertiary/aromatic N) is 1. The van der Waals surface area contributed by atoms with E-state index in [1.165, 1.54) is 13.2 Å². The summed E-state index contributed by atoms with van der Waals surface area (Å²) in [6.07, 6.45) is 1.11. The van der Waals surface area contributed by atoms with Gasteiger partial charge in [0.15, 0.2) is 11.5 Å². The topological polar surface area (TPSA) is 95.5 Å². The second-order valence-corrected chi connectivity index (χ2v) is 9.49. The Morgan fingerprint density at radius 3 is 2.52 bits per heavy atom. The molecule has 0 saturated carbocycles. The van der Waals surface area contributed by atoms with E-state index in [1.54, 1.807) is 12.1 Å². The largest absolute Gasteiger partial charge is 0.490 e. The highest BCUT2D eigenvalue weighted by Crippen LogP contribution is 2.48. The Balaban J connectivity index is 1.98. The third-order valence-electron chi connectivity index (χ3n) is 6.52. The van der Waals surface area contributed by atoms with E-state index in [9.17, 15) is 14.9 Å². The van der Waals surface area contributed by atoms with E-state index in [0.29, 0.717) is 29.7 Å². The second-order valence-electron chi connectivity index (χ2n) is 9.49. The maximum atomic E-state index is 13.5. The van der Waals surface area contributed by atoms with Crippen LogP contribution in [0.15, 0.2) is 60.2 Å². The maximum absolute atomic E-state index is 13.5. The average Bonchev–Trinajstić information content (AvgIpc) is 2.77. The van der Waals surface area contributed by atoms with Crippen molar-refractivity contribution in [1.82, 2.24) is 0 Å². The first-order valence-electron chi connectivity index (χ1n) is 11.0. The van der Waals surface area contributed by atoms with Gasteiger partial charge in [-0.2, -0.15) is 0 Å². The van der Waals surface area contributed by atoms with Crippen molar-refractivity contribution in [1.29, 1.82) is 0 Å². The monoisotopic (exact) mass is 444 g/mol. The molecule has 0 saturated heterocycles. The van der Waals surface area contributed by atoms with Crippen molar-refractivity contribution in [2.75, 3.05) is 12.8 Å². The molecule has 3 aromatic carbocycles. The number of anilines is 1. The summed E-state index contributed by atoms with van der Waals surface area (Å²) in [6.45, 7) is 6.11. The number of Topliss-reactive ketones (excluding diaryl/α,β-unsaturated/α-hetero) is 1. The van der Waals surface area contributed by atoms with Crippen molar-refractivity contribution in [3.8, 4) is 5.75 Å². The molecule has 4 rings (SSSR count). The van der Waals surface area contributed by atoms with Crippen molar-refractivity contribution in [2.24, 2.45) is 5.41 Å². The highest BCUT2D eigenvalue weighted by Gasteiger charge is 2.37. The molecule has 3 aromatic rings. The lowest BCUT2D eigenvalue weighted by atomic mass is 9.68. The van der Waals surface area contributed by atoms with E-state index < -0.39 is 4.92 Å². The molecule has 0 bridgehead atoms. The summed E-state index contributed by atoms with van der Waals surface area (Å²) >= 11 is 0. The van der Waals surface area contributed by atoms with E-state index in [0.717, 1.165) is 21.9 Å². The number of nitrogen functional groups attached to an aromatic ring is 1. The molecular weight excluding hydrogens is 416 g/mol. The normalized spacial score (nSPS) is 16.7. The van der Waals surface area contributed by atoms with Gasteiger partial charge >= 0.3 is 5.69 Å². The van der Waals surface area contributed by atoms with Crippen LogP contribution >= 0.6 is 0 Å². The van der Waals surface area contributed by atoms with Crippen LogP contribution < -0.4 is 10.5 Å². The van der Waals surface area contributed by atoms with Crippen LogP contribution in [-0.4, -0.2) is 17.8 Å². The highest BCUT2D eigenvalue weighted by atomic mass is 16.6. The number of ketones is 1. The van der Waals surface area contributed by atoms with Gasteiger partial charge in [0, 0.05) is 35.2 Å². The number of methoxy groups -OCH3 is 1. The molecular formula is C27H28N2O4. The van der Waals surface area contributed by atoms with Crippen LogP contribution in [0.4, 0.5) is 11.4 Å². The van der Waals surface area contributed by atoms with Crippen molar-refractivity contribution in [2.45, 2.75) is 39.5 Å². The van der Waals surface area contributed by atoms with Crippen LogP contribution in [0.25, 0.3) is 16.3 Å². The first kappa shape index (κ1) is 22.5. The number of carbonyl (C=O) groups is 1. The van der Waals surface area contributed by atoms with Crippen molar-refractivity contribution in [3.63, 3.8) is 0 Å². The molecule has 0 heterocycles. The first-order valence-corrected chi connectivity index (χ1v) is 11.0. The standard InChI is InChI=1S/C27H28N2O4/c1-16(18-10-12-24(33-4)22(13-18)29(31)32)25-20(14-27(2,3)15-23(25)30)26-19-8-6-5-7-17(19)9-11-21(26)28/h5-13,16H,14-15,28H2,1-4H3. The zero-order valence-electron chi connectivity index (χ0n) is 19.3. The SMILES string of the molecule is COc1ccc(C(C)C2=C(c3c(N)ccc4ccccc34)CC(C)(C)CC2=O)cc1[N+](=O)[O-]. The van der Waals surface area contributed by atoms with Crippen molar-refractivity contribution < 1.29 is 14.5 Å². The van der Waals surface area contributed by atoms with E-state index >= 15 is 0 Å². The summed E-state index contributed by atoms with van der Waals surface area (Å²) in [5.74, 6) is -0.0920. The second kappa shape index (κ2) is 8.35. The number of nitrogens with two attached hydrogens (primary N) is 1. The molecule has 6 nitrogen and oxygen atoms in total. The summed E-state index contributed by atoms with van der Waals surface area (Å²) in [6, 6.07) is 16.8. The molecule has 1 unspecified atom stereocenters. The number of benzene rings is 3. The van der Waals surface area contributed by atoms with E-state index in [-0.39, 0.29) is 28.6 Å². The van der Waals surface area contributed by atoms with Gasteiger partial charge in [-0.05, 0) is 45.9 Å². The number of nitro groups is 1. The summed E-state index contributed by atoms with van der Waals surface area (Å²) in [7, 11) is 1.40. The number of allylic oxidation sites excluding steroid dienone is 2. The predicted octanol–water partition coefficient (Wildman–Crippen LogP) is 6.29. The van der Waals surface area contributed by atoms with Crippen molar-refractivity contribution >= 4 is 33.5 Å². The van der Waals surface area contributed by atoms with Gasteiger partial charge in [0.2, 0.25) is 0 Å². The molecule has 170 valence electrons. The van der Waals surface area contributed by atoms with Crippen LogP contribution in [0.2, 0.25) is 0 Å². The zero-order valence-corrected chi connectivity index (χ0v) is 19.3. The van der Waals surface area contributed by atoms with Gasteiger partial charge < -0.3 is 10.5 Å². The Morgan fingerprint density at radius 1 is 1.09 bits per heavy atom. The van der Waals surface area contributed by atoms with Crippen LogP contribution in [0, 0.1) is 15.5 Å². The van der Waals surface area contributed by atoms with E-state index in [1.807, 2.05) is 43.3 Å². The lowest BCUT2D eigenvalue weighted by molar-refractivity contribution is -0.385. The van der Waals surface area contributed by atoms with Gasteiger partial charge in [0.1, 0.15) is 0 Å². The van der Waals surface area contributed by atoms with Gasteiger partial charge in [-0.3, -0.25) is 14.9 Å². The Morgan fingerprint density at radius 2 is 1.82 bits per heavy atom. The van der Waals surface area contributed by atoms with Crippen molar-refractivity contribution in [3.05, 3.63) is 81.4 Å². The van der Waals surface area contributed by atoms with Gasteiger partial charge in [-0.25, -0.2) is 0 Å². The minimum Gasteiger partial charge on any atom is -0.490 e. The minimum absolute atomic E-state index is 0.0551. The lowest BCUT2D eigenvalue weighted by Gasteiger charge is -2.35. The smallest absolute Gasteiger partial charge is 0.311 e. The quantitative estimate of drug-likeness (QED) is 0.284. The van der Waals surface area contributed by atoms with Crippen LogP contribution in [0.1, 0.15) is 50.7 Å². The third-order valence-corrected chi connectivity index (χ3v) is 6.52. The number of hydrogen-bond donors (Lipinski definition) is 1. The number of rotatable bonds is 5.